The first-order valence-corrected chi connectivity index (χ1v) is 4.49. The first-order chi connectivity index (χ1) is 8.12. The summed E-state index contributed by atoms with van der Waals surface area (Å²) < 4.78 is 62.4. The Morgan fingerprint density at radius 1 is 1.44 bits per heavy atom. The number of aromatic nitrogens is 1. The van der Waals surface area contributed by atoms with E-state index in [0.717, 1.165) is 0 Å². The number of anilines is 1. The third kappa shape index (κ3) is 3.05. The summed E-state index contributed by atoms with van der Waals surface area (Å²) in [4.78, 5) is 13.5. The fourth-order valence-electron chi connectivity index (χ4n) is 1.28. The van der Waals surface area contributed by atoms with Gasteiger partial charge in [-0.2, -0.15) is 13.2 Å². The number of alkyl halides is 5. The molecule has 100 valence electrons. The largest absolute Gasteiger partial charge is 0.481 e. The number of carboxylic acids is 1. The van der Waals surface area contributed by atoms with Crippen LogP contribution in [-0.4, -0.2) is 16.1 Å². The molecule has 0 amide bonds. The van der Waals surface area contributed by atoms with E-state index in [9.17, 15) is 26.7 Å². The Kier molecular flexibility index (Phi) is 3.73. The third-order valence-electron chi connectivity index (χ3n) is 2.02. The van der Waals surface area contributed by atoms with Crippen molar-refractivity contribution < 1.29 is 31.9 Å². The normalized spacial score (nSPS) is 11.9. The second-order valence-corrected chi connectivity index (χ2v) is 3.33. The van der Waals surface area contributed by atoms with Crippen LogP contribution in [0.1, 0.15) is 23.2 Å². The molecule has 0 atom stereocenters. The minimum absolute atomic E-state index is 0.130. The Bertz CT molecular complexity index is 473. The Labute approximate surface area is 97.2 Å². The molecule has 0 saturated carbocycles. The molecule has 0 aliphatic carbocycles. The molecule has 1 aromatic rings. The molecule has 1 aromatic heterocycles. The Morgan fingerprint density at radius 3 is 2.39 bits per heavy atom. The van der Waals surface area contributed by atoms with Crippen LogP contribution in [0, 0.1) is 0 Å². The van der Waals surface area contributed by atoms with Gasteiger partial charge in [-0.15, -0.1) is 0 Å². The predicted octanol–water partition coefficient (Wildman–Crippen LogP) is 2.25. The number of rotatable bonds is 3. The molecule has 3 N–H and O–H groups in total. The second-order valence-electron chi connectivity index (χ2n) is 3.33. The molecular formula is C9H7F5N2O2. The van der Waals surface area contributed by atoms with Crippen LogP contribution in [0.15, 0.2) is 6.07 Å². The van der Waals surface area contributed by atoms with Crippen LogP contribution in [0.5, 0.6) is 0 Å². The van der Waals surface area contributed by atoms with Crippen LogP contribution in [0.25, 0.3) is 0 Å². The van der Waals surface area contributed by atoms with Gasteiger partial charge in [0.15, 0.2) is 0 Å². The molecule has 1 rings (SSSR count). The van der Waals surface area contributed by atoms with Crippen molar-refractivity contribution >= 4 is 11.8 Å². The van der Waals surface area contributed by atoms with Gasteiger partial charge in [-0.05, 0) is 6.07 Å². The van der Waals surface area contributed by atoms with Gasteiger partial charge in [-0.1, -0.05) is 0 Å². The highest BCUT2D eigenvalue weighted by atomic mass is 19.4. The van der Waals surface area contributed by atoms with Crippen LogP contribution in [0.2, 0.25) is 0 Å². The lowest BCUT2D eigenvalue weighted by molar-refractivity contribution is -0.140. The van der Waals surface area contributed by atoms with Gasteiger partial charge in [-0.25, -0.2) is 13.8 Å². The minimum Gasteiger partial charge on any atom is -0.481 e. The quantitative estimate of drug-likeness (QED) is 0.826. The van der Waals surface area contributed by atoms with Crippen LogP contribution in [-0.2, 0) is 17.4 Å². The van der Waals surface area contributed by atoms with Crippen molar-refractivity contribution in [3.8, 4) is 0 Å². The van der Waals surface area contributed by atoms with Crippen molar-refractivity contribution in [1.29, 1.82) is 0 Å². The Balaban J connectivity index is 3.42. The molecule has 0 aromatic carbocycles. The number of nitrogens with zero attached hydrogens (tertiary/aromatic N) is 1. The minimum atomic E-state index is -4.98. The standard InChI is InChI=1S/C9H7F5N2O2/c10-7(11)3-1-4(9(12,13)14)5(2-6(17)18)16-8(3)15/h1,7H,2H2,(H2,15,16)(H,17,18). The van der Waals surface area contributed by atoms with Crippen molar-refractivity contribution in [3.63, 3.8) is 0 Å². The molecule has 18 heavy (non-hydrogen) atoms. The maximum atomic E-state index is 12.6. The number of hydrogen-bond donors (Lipinski definition) is 2. The summed E-state index contributed by atoms with van der Waals surface area (Å²) in [6.07, 6.45) is -9.25. The molecule has 0 saturated heterocycles. The maximum Gasteiger partial charge on any atom is 0.418 e. The molecule has 1 heterocycles. The van der Waals surface area contributed by atoms with E-state index in [2.05, 4.69) is 4.98 Å². The maximum absolute atomic E-state index is 12.6. The Morgan fingerprint density at radius 2 is 2.00 bits per heavy atom. The van der Waals surface area contributed by atoms with Gasteiger partial charge in [0.25, 0.3) is 6.43 Å². The number of hydrogen-bond acceptors (Lipinski definition) is 3. The molecule has 0 fully saturated rings. The summed E-state index contributed by atoms with van der Waals surface area (Å²) in [6, 6.07) is 0.130. The van der Waals surface area contributed by atoms with E-state index in [0.29, 0.717) is 0 Å². The zero-order valence-electron chi connectivity index (χ0n) is 8.63. The summed E-state index contributed by atoms with van der Waals surface area (Å²) >= 11 is 0. The van der Waals surface area contributed by atoms with Gasteiger partial charge < -0.3 is 10.8 Å². The van der Waals surface area contributed by atoms with Gasteiger partial charge in [0.2, 0.25) is 0 Å². The molecule has 0 unspecified atom stereocenters. The first kappa shape index (κ1) is 14.1. The van der Waals surface area contributed by atoms with E-state index in [-0.39, 0.29) is 6.07 Å². The lowest BCUT2D eigenvalue weighted by Gasteiger charge is -2.14. The average molecular weight is 270 g/mol. The van der Waals surface area contributed by atoms with E-state index in [4.69, 9.17) is 10.8 Å². The molecule has 4 nitrogen and oxygen atoms in total. The van der Waals surface area contributed by atoms with Crippen LogP contribution in [0.4, 0.5) is 27.8 Å². The van der Waals surface area contributed by atoms with Crippen molar-refractivity contribution in [1.82, 2.24) is 4.98 Å². The van der Waals surface area contributed by atoms with E-state index in [1.807, 2.05) is 0 Å². The highest BCUT2D eigenvalue weighted by Gasteiger charge is 2.36. The van der Waals surface area contributed by atoms with Crippen LogP contribution < -0.4 is 5.73 Å². The van der Waals surface area contributed by atoms with Gasteiger partial charge >= 0.3 is 12.1 Å². The smallest absolute Gasteiger partial charge is 0.418 e. The van der Waals surface area contributed by atoms with E-state index in [1.54, 1.807) is 0 Å². The number of halogens is 5. The van der Waals surface area contributed by atoms with Crippen LogP contribution in [0.3, 0.4) is 0 Å². The van der Waals surface area contributed by atoms with Crippen molar-refractivity contribution in [3.05, 3.63) is 22.9 Å². The van der Waals surface area contributed by atoms with Gasteiger partial charge in [0.1, 0.15) is 5.82 Å². The highest BCUT2D eigenvalue weighted by Crippen LogP contribution is 2.35. The summed E-state index contributed by atoms with van der Waals surface area (Å²) in [5, 5.41) is 8.43. The molecule has 0 aliphatic heterocycles. The zero-order valence-corrected chi connectivity index (χ0v) is 8.63. The number of carbonyl (C=O) groups is 1. The van der Waals surface area contributed by atoms with Gasteiger partial charge in [0.05, 0.1) is 23.2 Å². The van der Waals surface area contributed by atoms with E-state index in [1.165, 1.54) is 0 Å². The zero-order chi connectivity index (χ0) is 14.1. The Hall–Kier alpha value is -1.93. The fraction of sp³-hybridized carbons (Fsp3) is 0.333. The van der Waals surface area contributed by atoms with Crippen molar-refractivity contribution in [2.75, 3.05) is 5.73 Å². The summed E-state index contributed by atoms with van der Waals surface area (Å²) in [5.74, 6) is -2.38. The summed E-state index contributed by atoms with van der Waals surface area (Å²) in [6.45, 7) is 0. The highest BCUT2D eigenvalue weighted by molar-refractivity contribution is 5.70. The number of nitrogens with two attached hydrogens (primary N) is 1. The summed E-state index contributed by atoms with van der Waals surface area (Å²) in [5.41, 5.74) is 1.58. The summed E-state index contributed by atoms with van der Waals surface area (Å²) in [7, 11) is 0. The predicted molar refractivity (Wildman–Crippen MR) is 49.9 cm³/mol. The van der Waals surface area contributed by atoms with E-state index >= 15 is 0 Å². The van der Waals surface area contributed by atoms with Crippen molar-refractivity contribution in [2.24, 2.45) is 0 Å². The van der Waals surface area contributed by atoms with Gasteiger partial charge in [-0.3, -0.25) is 4.79 Å². The molecule has 0 spiro atoms. The monoisotopic (exact) mass is 270 g/mol. The molecule has 0 aliphatic rings. The second kappa shape index (κ2) is 4.75. The third-order valence-corrected chi connectivity index (χ3v) is 2.02. The number of carboxylic acid groups (broad SMARTS) is 1. The van der Waals surface area contributed by atoms with Crippen LogP contribution >= 0.6 is 0 Å². The first-order valence-electron chi connectivity index (χ1n) is 4.49. The van der Waals surface area contributed by atoms with E-state index < -0.39 is 47.6 Å². The number of aliphatic carboxylic acids is 1. The topological polar surface area (TPSA) is 76.2 Å². The number of nitrogen functional groups attached to an aromatic ring is 1. The SMILES string of the molecule is Nc1nc(CC(=O)O)c(C(F)(F)F)cc1C(F)F. The average Bonchev–Trinajstić information content (AvgIpc) is 2.13. The molecule has 0 bridgehead atoms. The number of pyridine rings is 1. The fourth-order valence-corrected chi connectivity index (χ4v) is 1.28. The lowest BCUT2D eigenvalue weighted by Crippen LogP contribution is -2.16. The lowest BCUT2D eigenvalue weighted by atomic mass is 10.1. The van der Waals surface area contributed by atoms with Crippen molar-refractivity contribution in [2.45, 2.75) is 19.0 Å². The van der Waals surface area contributed by atoms with Gasteiger partial charge in [0, 0.05) is 0 Å². The molecular weight excluding hydrogens is 263 g/mol. The molecule has 0 radical (unpaired) electrons. The molecule has 9 heteroatoms.